The van der Waals surface area contributed by atoms with Crippen LogP contribution in [0.3, 0.4) is 0 Å². The van der Waals surface area contributed by atoms with Crippen molar-refractivity contribution in [2.24, 2.45) is 4.99 Å². The van der Waals surface area contributed by atoms with Crippen molar-refractivity contribution in [3.63, 3.8) is 0 Å². The first-order valence-electron chi connectivity index (χ1n) is 9.33. The van der Waals surface area contributed by atoms with Gasteiger partial charge in [0.05, 0.1) is 13.2 Å². The van der Waals surface area contributed by atoms with Crippen molar-refractivity contribution in [1.29, 1.82) is 0 Å². The number of aliphatic imine (C=N–C) groups is 1. The van der Waals surface area contributed by atoms with E-state index in [1.165, 1.54) is 6.42 Å². The van der Waals surface area contributed by atoms with Crippen molar-refractivity contribution in [2.75, 3.05) is 86.7 Å². The highest BCUT2D eigenvalue weighted by Gasteiger charge is 2.30. The van der Waals surface area contributed by atoms with Crippen LogP contribution in [0.15, 0.2) is 4.99 Å². The molecule has 0 radical (unpaired) electrons. The standard InChI is InChI=1S/C17H34N6O/c1-18-17(19-12-16-13-20(2)6-7-21(16)3)23-5-4-15(14-23)22-8-10-24-11-9-22/h15-16H,4-14H2,1-3H3,(H,18,19). The number of hydrogen-bond acceptors (Lipinski definition) is 5. The Morgan fingerprint density at radius 1 is 1.08 bits per heavy atom. The van der Waals surface area contributed by atoms with Gasteiger partial charge in [0.2, 0.25) is 0 Å². The van der Waals surface area contributed by atoms with Crippen LogP contribution in [0.1, 0.15) is 6.42 Å². The van der Waals surface area contributed by atoms with Crippen LogP contribution in [0.4, 0.5) is 0 Å². The zero-order valence-corrected chi connectivity index (χ0v) is 15.6. The Balaban J connectivity index is 1.48. The van der Waals surface area contributed by atoms with Crippen LogP contribution in [0.5, 0.6) is 0 Å². The van der Waals surface area contributed by atoms with Crippen molar-refractivity contribution in [3.05, 3.63) is 0 Å². The minimum Gasteiger partial charge on any atom is -0.379 e. The third kappa shape index (κ3) is 4.39. The number of piperazine rings is 1. The zero-order chi connectivity index (χ0) is 16.9. The Labute approximate surface area is 146 Å². The first-order valence-corrected chi connectivity index (χ1v) is 9.33. The van der Waals surface area contributed by atoms with Gasteiger partial charge in [-0.3, -0.25) is 14.8 Å². The third-order valence-electron chi connectivity index (χ3n) is 5.71. The molecule has 1 N–H and O–H groups in total. The van der Waals surface area contributed by atoms with Gasteiger partial charge in [0.1, 0.15) is 0 Å². The molecule has 3 rings (SSSR count). The predicted molar refractivity (Wildman–Crippen MR) is 97.6 cm³/mol. The molecule has 0 aromatic rings. The van der Waals surface area contributed by atoms with E-state index in [1.807, 2.05) is 7.05 Å². The quantitative estimate of drug-likeness (QED) is 0.538. The van der Waals surface area contributed by atoms with Crippen molar-refractivity contribution in [3.8, 4) is 0 Å². The van der Waals surface area contributed by atoms with Gasteiger partial charge >= 0.3 is 0 Å². The van der Waals surface area contributed by atoms with Gasteiger partial charge in [0, 0.05) is 71.5 Å². The fourth-order valence-corrected chi connectivity index (χ4v) is 4.04. The molecule has 7 heteroatoms. The summed E-state index contributed by atoms with van der Waals surface area (Å²) in [6, 6.07) is 1.20. The third-order valence-corrected chi connectivity index (χ3v) is 5.71. The van der Waals surface area contributed by atoms with Crippen LogP contribution in [-0.2, 0) is 4.74 Å². The van der Waals surface area contributed by atoms with Crippen LogP contribution >= 0.6 is 0 Å². The Bertz CT molecular complexity index is 425. The lowest BCUT2D eigenvalue weighted by molar-refractivity contribution is 0.0194. The number of guanidine groups is 1. The van der Waals surface area contributed by atoms with Crippen LogP contribution in [0, 0.1) is 0 Å². The summed E-state index contributed by atoms with van der Waals surface area (Å²) in [5.41, 5.74) is 0. The van der Waals surface area contributed by atoms with Gasteiger partial charge in [-0.1, -0.05) is 0 Å². The van der Waals surface area contributed by atoms with Gasteiger partial charge in [-0.2, -0.15) is 0 Å². The number of hydrogen-bond donors (Lipinski definition) is 1. The van der Waals surface area contributed by atoms with E-state index in [9.17, 15) is 0 Å². The molecule has 0 aromatic heterocycles. The van der Waals surface area contributed by atoms with Crippen LogP contribution in [-0.4, -0.2) is 124 Å². The van der Waals surface area contributed by atoms with Crippen LogP contribution in [0.2, 0.25) is 0 Å². The van der Waals surface area contributed by atoms with Crippen LogP contribution in [0.25, 0.3) is 0 Å². The fourth-order valence-electron chi connectivity index (χ4n) is 4.04. The molecule has 3 aliphatic rings. The van der Waals surface area contributed by atoms with Crippen LogP contribution < -0.4 is 5.32 Å². The molecule has 2 unspecified atom stereocenters. The van der Waals surface area contributed by atoms with Crippen molar-refractivity contribution in [1.82, 2.24) is 24.9 Å². The molecule has 0 spiro atoms. The van der Waals surface area contributed by atoms with E-state index in [2.05, 4.69) is 44.0 Å². The van der Waals surface area contributed by atoms with E-state index in [4.69, 9.17) is 4.74 Å². The molecule has 3 saturated heterocycles. The summed E-state index contributed by atoms with van der Waals surface area (Å²) in [7, 11) is 6.34. The minimum absolute atomic E-state index is 0.554. The number of ether oxygens (including phenoxy) is 1. The maximum atomic E-state index is 5.48. The van der Waals surface area contributed by atoms with Gasteiger partial charge < -0.3 is 19.9 Å². The molecule has 0 aliphatic carbocycles. The van der Waals surface area contributed by atoms with E-state index < -0.39 is 0 Å². The van der Waals surface area contributed by atoms with E-state index >= 15 is 0 Å². The molecule has 0 saturated carbocycles. The number of likely N-dealkylation sites (tertiary alicyclic amines) is 1. The Morgan fingerprint density at radius 2 is 1.88 bits per heavy atom. The minimum atomic E-state index is 0.554. The molecule has 0 amide bonds. The highest BCUT2D eigenvalue weighted by Crippen LogP contribution is 2.17. The number of rotatable bonds is 3. The first kappa shape index (κ1) is 17.9. The average Bonchev–Trinajstić information content (AvgIpc) is 3.09. The summed E-state index contributed by atoms with van der Waals surface area (Å²) in [6.45, 7) is 10.5. The molecule has 24 heavy (non-hydrogen) atoms. The van der Waals surface area contributed by atoms with Crippen molar-refractivity contribution < 1.29 is 4.74 Å². The molecule has 3 fully saturated rings. The summed E-state index contributed by atoms with van der Waals surface area (Å²) in [6.07, 6.45) is 1.23. The van der Waals surface area contributed by atoms with Gasteiger partial charge in [-0.25, -0.2) is 0 Å². The fraction of sp³-hybridized carbons (Fsp3) is 0.941. The Kier molecular flexibility index (Phi) is 6.32. The second-order valence-electron chi connectivity index (χ2n) is 7.36. The number of likely N-dealkylation sites (N-methyl/N-ethyl adjacent to an activating group) is 2. The predicted octanol–water partition coefficient (Wildman–Crippen LogP) is -0.786. The molecule has 2 atom stereocenters. The molecule has 0 aromatic carbocycles. The topological polar surface area (TPSA) is 46.6 Å². The monoisotopic (exact) mass is 338 g/mol. The highest BCUT2D eigenvalue weighted by molar-refractivity contribution is 5.80. The summed E-state index contributed by atoms with van der Waals surface area (Å²) in [5.74, 6) is 1.06. The Hall–Kier alpha value is -0.890. The van der Waals surface area contributed by atoms with Gasteiger partial charge in [0.25, 0.3) is 0 Å². The highest BCUT2D eigenvalue weighted by atomic mass is 16.5. The zero-order valence-electron chi connectivity index (χ0n) is 15.6. The van der Waals surface area contributed by atoms with E-state index in [1.54, 1.807) is 0 Å². The first-order chi connectivity index (χ1) is 11.7. The lowest BCUT2D eigenvalue weighted by Crippen LogP contribution is -2.55. The van der Waals surface area contributed by atoms with Gasteiger partial charge in [-0.15, -0.1) is 0 Å². The van der Waals surface area contributed by atoms with E-state index in [0.29, 0.717) is 12.1 Å². The number of morpholine rings is 1. The molecular weight excluding hydrogens is 304 g/mol. The maximum absolute atomic E-state index is 5.48. The number of nitrogens with one attached hydrogen (secondary N) is 1. The molecule has 7 nitrogen and oxygen atoms in total. The molecule has 3 heterocycles. The largest absolute Gasteiger partial charge is 0.379 e. The van der Waals surface area contributed by atoms with Crippen molar-refractivity contribution in [2.45, 2.75) is 18.5 Å². The summed E-state index contributed by atoms with van der Waals surface area (Å²) in [4.78, 5) is 14.4. The lowest BCUT2D eigenvalue weighted by Gasteiger charge is -2.38. The molecule has 3 aliphatic heterocycles. The summed E-state index contributed by atoms with van der Waals surface area (Å²) >= 11 is 0. The second kappa shape index (κ2) is 8.47. The smallest absolute Gasteiger partial charge is 0.193 e. The van der Waals surface area contributed by atoms with Crippen molar-refractivity contribution >= 4 is 5.96 Å². The van der Waals surface area contributed by atoms with E-state index in [0.717, 1.165) is 71.5 Å². The lowest BCUT2D eigenvalue weighted by atomic mass is 10.2. The molecular formula is C17H34N6O. The van der Waals surface area contributed by atoms with E-state index in [-0.39, 0.29) is 0 Å². The summed E-state index contributed by atoms with van der Waals surface area (Å²) < 4.78 is 5.48. The second-order valence-corrected chi connectivity index (χ2v) is 7.36. The molecule has 0 bridgehead atoms. The maximum Gasteiger partial charge on any atom is 0.193 e. The Morgan fingerprint density at radius 3 is 2.62 bits per heavy atom. The average molecular weight is 339 g/mol. The summed E-state index contributed by atoms with van der Waals surface area (Å²) in [5, 5.41) is 3.62. The molecule has 138 valence electrons. The number of nitrogens with zero attached hydrogens (tertiary/aromatic N) is 5. The normalized spacial score (nSPS) is 31.6. The van der Waals surface area contributed by atoms with Gasteiger partial charge in [0.15, 0.2) is 5.96 Å². The SMILES string of the molecule is CN=C(NCC1CN(C)CCN1C)N1CCC(N2CCOCC2)C1. The van der Waals surface area contributed by atoms with Gasteiger partial charge in [-0.05, 0) is 20.5 Å².